The van der Waals surface area contributed by atoms with E-state index in [1.54, 1.807) is 0 Å². The molecule has 1 heterocycles. The zero-order valence-electron chi connectivity index (χ0n) is 18.6. The summed E-state index contributed by atoms with van der Waals surface area (Å²) in [5, 5.41) is 4.75. The van der Waals surface area contributed by atoms with Crippen molar-refractivity contribution < 1.29 is 0 Å². The van der Waals surface area contributed by atoms with Crippen molar-refractivity contribution in [1.29, 1.82) is 0 Å². The van der Waals surface area contributed by atoms with Crippen LogP contribution in [0.25, 0.3) is 11.4 Å². The van der Waals surface area contributed by atoms with E-state index in [2.05, 4.69) is 60.3 Å². The van der Waals surface area contributed by atoms with Gasteiger partial charge >= 0.3 is 0 Å². The van der Waals surface area contributed by atoms with Crippen LogP contribution < -0.4 is 5.32 Å². The summed E-state index contributed by atoms with van der Waals surface area (Å²) in [4.78, 5) is 4.74. The molecule has 0 aliphatic heterocycles. The Morgan fingerprint density at radius 3 is 2.65 bits per heavy atom. The van der Waals surface area contributed by atoms with Gasteiger partial charge in [0.05, 0.1) is 0 Å². The Bertz CT molecular complexity index is 1060. The van der Waals surface area contributed by atoms with Gasteiger partial charge in [0.25, 0.3) is 0 Å². The highest BCUT2D eigenvalue weighted by atomic mass is 35.5. The average molecular weight is 434 g/mol. The third kappa shape index (κ3) is 4.44. The number of aromatic nitrogens is 2. The lowest BCUT2D eigenvalue weighted by Crippen LogP contribution is -2.37. The maximum Gasteiger partial charge on any atom is 0.140 e. The molecule has 3 aromatic rings. The molecule has 1 unspecified atom stereocenters. The average Bonchev–Trinajstić information content (AvgIpc) is 3.41. The maximum atomic E-state index is 6.17. The van der Waals surface area contributed by atoms with Gasteiger partial charge in [-0.2, -0.15) is 0 Å². The summed E-state index contributed by atoms with van der Waals surface area (Å²) >= 11 is 6.17. The highest BCUT2D eigenvalue weighted by Crippen LogP contribution is 2.34. The Labute approximate surface area is 190 Å². The van der Waals surface area contributed by atoms with E-state index in [1.807, 2.05) is 12.3 Å². The van der Waals surface area contributed by atoms with Gasteiger partial charge in [0.15, 0.2) is 0 Å². The molecular formula is C27H32ClN3. The van der Waals surface area contributed by atoms with Crippen LogP contribution in [0.15, 0.2) is 48.8 Å². The molecule has 1 fully saturated rings. The number of benzene rings is 2. The quantitative estimate of drug-likeness (QED) is 0.511. The van der Waals surface area contributed by atoms with Gasteiger partial charge in [-0.3, -0.25) is 0 Å². The molecule has 0 bridgehead atoms. The minimum atomic E-state index is 0.549. The van der Waals surface area contributed by atoms with Gasteiger partial charge in [-0.15, -0.1) is 0 Å². The van der Waals surface area contributed by atoms with Gasteiger partial charge in [0.2, 0.25) is 0 Å². The standard InChI is InChI=1S/C27H32ClN3/c1-18-3-4-19(2)26(13-18)27-29-11-12-31(27)25-9-7-24(8-10-25)30-17-20-14-21-5-6-23(28)16-22(21)15-20/h3-6,11-13,16,20,24-25,30H,7-10,14-15,17H2,1-2H3. The number of nitrogens with one attached hydrogen (secondary N) is 1. The SMILES string of the molecule is Cc1ccc(C)c(-c2nccn2C2CCC(NCC3Cc4ccc(Cl)cc4C3)CC2)c1. The van der Waals surface area contributed by atoms with Crippen LogP contribution in [-0.2, 0) is 12.8 Å². The smallest absolute Gasteiger partial charge is 0.140 e. The molecule has 2 aliphatic rings. The Hall–Kier alpha value is -2.10. The van der Waals surface area contributed by atoms with E-state index in [-0.39, 0.29) is 0 Å². The van der Waals surface area contributed by atoms with E-state index in [1.165, 1.54) is 59.9 Å². The minimum Gasteiger partial charge on any atom is -0.328 e. The van der Waals surface area contributed by atoms with Crippen LogP contribution in [0.5, 0.6) is 0 Å². The third-order valence-corrected chi connectivity index (χ3v) is 7.51. The summed E-state index contributed by atoms with van der Waals surface area (Å²) in [6.45, 7) is 5.45. The first-order chi connectivity index (χ1) is 15.1. The predicted molar refractivity (Wildman–Crippen MR) is 129 cm³/mol. The van der Waals surface area contributed by atoms with Crippen LogP contribution in [0.4, 0.5) is 0 Å². The lowest BCUT2D eigenvalue weighted by Gasteiger charge is -2.31. The normalized spacial score (nSPS) is 23.1. The fourth-order valence-corrected chi connectivity index (χ4v) is 5.70. The number of aryl methyl sites for hydroxylation is 2. The van der Waals surface area contributed by atoms with Crippen molar-refractivity contribution >= 4 is 11.6 Å². The Morgan fingerprint density at radius 1 is 1.00 bits per heavy atom. The molecule has 2 aromatic carbocycles. The second kappa shape index (κ2) is 8.80. The van der Waals surface area contributed by atoms with Gasteiger partial charge in [-0.05, 0) is 99.7 Å². The molecule has 1 aromatic heterocycles. The molecule has 31 heavy (non-hydrogen) atoms. The zero-order valence-corrected chi connectivity index (χ0v) is 19.3. The van der Waals surface area contributed by atoms with Crippen LogP contribution in [0.3, 0.4) is 0 Å². The maximum absolute atomic E-state index is 6.17. The molecule has 1 N–H and O–H groups in total. The summed E-state index contributed by atoms with van der Waals surface area (Å²) in [5.41, 5.74) is 6.79. The highest BCUT2D eigenvalue weighted by Gasteiger charge is 2.26. The van der Waals surface area contributed by atoms with Crippen molar-refractivity contribution in [3.05, 3.63) is 76.1 Å². The number of imidazole rings is 1. The number of hydrogen-bond donors (Lipinski definition) is 1. The topological polar surface area (TPSA) is 29.9 Å². The lowest BCUT2D eigenvalue weighted by molar-refractivity contribution is 0.283. The van der Waals surface area contributed by atoms with Crippen LogP contribution in [-0.4, -0.2) is 22.1 Å². The van der Waals surface area contributed by atoms with E-state index < -0.39 is 0 Å². The summed E-state index contributed by atoms with van der Waals surface area (Å²) in [6.07, 6.45) is 11.4. The Morgan fingerprint density at radius 2 is 1.81 bits per heavy atom. The number of fused-ring (bicyclic) bond motifs is 1. The Balaban J connectivity index is 1.17. The van der Waals surface area contributed by atoms with Gasteiger partial charge in [0, 0.05) is 35.1 Å². The van der Waals surface area contributed by atoms with Gasteiger partial charge in [0.1, 0.15) is 5.82 Å². The molecule has 5 rings (SSSR count). The number of hydrogen-bond acceptors (Lipinski definition) is 2. The van der Waals surface area contributed by atoms with Crippen molar-refractivity contribution in [3.63, 3.8) is 0 Å². The fraction of sp³-hybridized carbons (Fsp3) is 0.444. The second-order valence-corrected chi connectivity index (χ2v) is 10.0. The van der Waals surface area contributed by atoms with Crippen molar-refractivity contribution in [2.75, 3.05) is 6.54 Å². The first kappa shape index (κ1) is 20.8. The van der Waals surface area contributed by atoms with Crippen LogP contribution >= 0.6 is 11.6 Å². The molecule has 0 saturated heterocycles. The first-order valence-electron chi connectivity index (χ1n) is 11.7. The van der Waals surface area contributed by atoms with E-state index in [0.717, 1.165) is 23.8 Å². The summed E-state index contributed by atoms with van der Waals surface area (Å²) in [7, 11) is 0. The lowest BCUT2D eigenvalue weighted by atomic mass is 9.90. The highest BCUT2D eigenvalue weighted by molar-refractivity contribution is 6.30. The van der Waals surface area contributed by atoms with Crippen molar-refractivity contribution in [2.24, 2.45) is 5.92 Å². The van der Waals surface area contributed by atoms with E-state index >= 15 is 0 Å². The van der Waals surface area contributed by atoms with Crippen LogP contribution in [0.2, 0.25) is 5.02 Å². The van der Waals surface area contributed by atoms with E-state index in [0.29, 0.717) is 18.0 Å². The summed E-state index contributed by atoms with van der Waals surface area (Å²) < 4.78 is 2.43. The van der Waals surface area contributed by atoms with E-state index in [4.69, 9.17) is 16.6 Å². The predicted octanol–water partition coefficient (Wildman–Crippen LogP) is 6.31. The van der Waals surface area contributed by atoms with Crippen molar-refractivity contribution in [2.45, 2.75) is 64.5 Å². The summed E-state index contributed by atoms with van der Waals surface area (Å²) in [6, 6.07) is 14.2. The van der Waals surface area contributed by atoms with Gasteiger partial charge in [-0.25, -0.2) is 4.98 Å². The molecule has 162 valence electrons. The molecule has 0 radical (unpaired) electrons. The first-order valence-corrected chi connectivity index (χ1v) is 12.1. The number of nitrogens with zero attached hydrogens (tertiary/aromatic N) is 2. The van der Waals surface area contributed by atoms with Gasteiger partial charge in [-0.1, -0.05) is 35.4 Å². The van der Waals surface area contributed by atoms with Crippen LogP contribution in [0.1, 0.15) is 54.0 Å². The zero-order chi connectivity index (χ0) is 21.4. The second-order valence-electron chi connectivity index (χ2n) is 9.58. The molecule has 1 saturated carbocycles. The summed E-state index contributed by atoms with van der Waals surface area (Å²) in [5.74, 6) is 1.83. The van der Waals surface area contributed by atoms with Crippen LogP contribution in [0, 0.1) is 19.8 Å². The molecular weight excluding hydrogens is 402 g/mol. The van der Waals surface area contributed by atoms with Crippen molar-refractivity contribution in [3.8, 4) is 11.4 Å². The van der Waals surface area contributed by atoms with Crippen molar-refractivity contribution in [1.82, 2.24) is 14.9 Å². The Kier molecular flexibility index (Phi) is 5.90. The minimum absolute atomic E-state index is 0.549. The number of rotatable bonds is 5. The monoisotopic (exact) mass is 433 g/mol. The molecule has 1 atom stereocenters. The molecule has 4 heteroatoms. The van der Waals surface area contributed by atoms with Gasteiger partial charge < -0.3 is 9.88 Å². The van der Waals surface area contributed by atoms with E-state index in [9.17, 15) is 0 Å². The number of halogens is 1. The molecule has 0 amide bonds. The molecule has 0 spiro atoms. The molecule has 2 aliphatic carbocycles. The third-order valence-electron chi connectivity index (χ3n) is 7.27. The fourth-order valence-electron chi connectivity index (χ4n) is 5.51. The largest absolute Gasteiger partial charge is 0.328 e. The molecule has 3 nitrogen and oxygen atoms in total.